The van der Waals surface area contributed by atoms with E-state index in [-0.39, 0.29) is 5.97 Å². The van der Waals surface area contributed by atoms with E-state index in [4.69, 9.17) is 9.47 Å². The number of hydrogen-bond acceptors (Lipinski definition) is 3. The SMILES string of the molecule is CC(=O)OCCCC1CCCCO1. The first-order valence-electron chi connectivity index (χ1n) is 5.04. The van der Waals surface area contributed by atoms with Crippen LogP contribution in [0.2, 0.25) is 0 Å². The molecule has 3 heteroatoms. The Labute approximate surface area is 79.4 Å². The molecule has 1 atom stereocenters. The summed E-state index contributed by atoms with van der Waals surface area (Å²) in [6, 6.07) is 0. The number of ether oxygens (including phenoxy) is 2. The van der Waals surface area contributed by atoms with Crippen LogP contribution in [0.1, 0.15) is 39.0 Å². The molecular formula is C10H18O3. The van der Waals surface area contributed by atoms with Crippen LogP contribution in [0.3, 0.4) is 0 Å². The fourth-order valence-corrected chi connectivity index (χ4v) is 1.56. The molecule has 0 radical (unpaired) electrons. The van der Waals surface area contributed by atoms with Crippen LogP contribution in [-0.4, -0.2) is 25.3 Å². The Morgan fingerprint density at radius 2 is 2.38 bits per heavy atom. The van der Waals surface area contributed by atoms with Crippen molar-refractivity contribution < 1.29 is 14.3 Å². The Morgan fingerprint density at radius 1 is 1.54 bits per heavy atom. The van der Waals surface area contributed by atoms with Crippen molar-refractivity contribution >= 4 is 5.97 Å². The van der Waals surface area contributed by atoms with Gasteiger partial charge in [-0.2, -0.15) is 0 Å². The maximum absolute atomic E-state index is 10.4. The van der Waals surface area contributed by atoms with Crippen molar-refractivity contribution in [1.29, 1.82) is 0 Å². The molecule has 1 heterocycles. The van der Waals surface area contributed by atoms with Crippen molar-refractivity contribution in [2.24, 2.45) is 0 Å². The van der Waals surface area contributed by atoms with E-state index in [1.807, 2.05) is 0 Å². The summed E-state index contributed by atoms with van der Waals surface area (Å²) >= 11 is 0. The topological polar surface area (TPSA) is 35.5 Å². The predicted molar refractivity (Wildman–Crippen MR) is 49.5 cm³/mol. The van der Waals surface area contributed by atoms with Crippen LogP contribution in [0.5, 0.6) is 0 Å². The fraction of sp³-hybridized carbons (Fsp3) is 0.900. The van der Waals surface area contributed by atoms with E-state index in [2.05, 4.69) is 0 Å². The zero-order chi connectivity index (χ0) is 9.52. The van der Waals surface area contributed by atoms with Gasteiger partial charge in [0.15, 0.2) is 0 Å². The van der Waals surface area contributed by atoms with Gasteiger partial charge in [0.05, 0.1) is 12.7 Å². The Kier molecular flexibility index (Phi) is 4.83. The smallest absolute Gasteiger partial charge is 0.302 e. The average molecular weight is 186 g/mol. The molecule has 0 amide bonds. The summed E-state index contributed by atoms with van der Waals surface area (Å²) in [7, 11) is 0. The van der Waals surface area contributed by atoms with Gasteiger partial charge >= 0.3 is 5.97 Å². The van der Waals surface area contributed by atoms with Gasteiger partial charge in [-0.15, -0.1) is 0 Å². The van der Waals surface area contributed by atoms with E-state index in [1.165, 1.54) is 26.2 Å². The summed E-state index contributed by atoms with van der Waals surface area (Å²) in [6.45, 7) is 2.88. The molecule has 0 aliphatic carbocycles. The van der Waals surface area contributed by atoms with E-state index in [1.54, 1.807) is 0 Å². The number of esters is 1. The van der Waals surface area contributed by atoms with E-state index in [0.717, 1.165) is 19.4 Å². The second-order valence-electron chi connectivity index (χ2n) is 3.47. The first kappa shape index (κ1) is 10.5. The van der Waals surface area contributed by atoms with Crippen LogP contribution in [-0.2, 0) is 14.3 Å². The minimum atomic E-state index is -0.190. The molecule has 3 nitrogen and oxygen atoms in total. The minimum absolute atomic E-state index is 0.190. The van der Waals surface area contributed by atoms with Crippen molar-refractivity contribution in [3.05, 3.63) is 0 Å². The Bertz CT molecular complexity index is 150. The van der Waals surface area contributed by atoms with Crippen LogP contribution < -0.4 is 0 Å². The lowest BCUT2D eigenvalue weighted by Crippen LogP contribution is -2.19. The van der Waals surface area contributed by atoms with Crippen LogP contribution in [0.4, 0.5) is 0 Å². The highest BCUT2D eigenvalue weighted by molar-refractivity contribution is 5.65. The molecule has 1 unspecified atom stereocenters. The molecule has 1 aliphatic heterocycles. The molecule has 1 fully saturated rings. The fourth-order valence-electron chi connectivity index (χ4n) is 1.56. The number of hydrogen-bond donors (Lipinski definition) is 0. The summed E-state index contributed by atoms with van der Waals surface area (Å²) in [5.41, 5.74) is 0. The average Bonchev–Trinajstić information content (AvgIpc) is 2.14. The molecule has 0 aromatic carbocycles. The molecule has 0 bridgehead atoms. The third kappa shape index (κ3) is 4.88. The summed E-state index contributed by atoms with van der Waals surface area (Å²) in [5, 5.41) is 0. The molecule has 76 valence electrons. The highest BCUT2D eigenvalue weighted by atomic mass is 16.5. The largest absolute Gasteiger partial charge is 0.466 e. The third-order valence-corrected chi connectivity index (χ3v) is 2.25. The van der Waals surface area contributed by atoms with Gasteiger partial charge in [-0.3, -0.25) is 4.79 Å². The first-order chi connectivity index (χ1) is 6.29. The monoisotopic (exact) mass is 186 g/mol. The molecule has 13 heavy (non-hydrogen) atoms. The van der Waals surface area contributed by atoms with E-state index in [9.17, 15) is 4.79 Å². The van der Waals surface area contributed by atoms with Gasteiger partial charge in [0.25, 0.3) is 0 Å². The molecule has 0 spiro atoms. The lowest BCUT2D eigenvalue weighted by Gasteiger charge is -2.22. The summed E-state index contributed by atoms with van der Waals surface area (Å²) in [4.78, 5) is 10.4. The molecule has 0 aromatic rings. The van der Waals surface area contributed by atoms with Gasteiger partial charge in [0.2, 0.25) is 0 Å². The first-order valence-corrected chi connectivity index (χ1v) is 5.04. The van der Waals surface area contributed by atoms with Crippen molar-refractivity contribution in [3.8, 4) is 0 Å². The number of carbonyl (C=O) groups excluding carboxylic acids is 1. The number of rotatable bonds is 4. The van der Waals surface area contributed by atoms with Gasteiger partial charge < -0.3 is 9.47 Å². The lowest BCUT2D eigenvalue weighted by molar-refractivity contribution is -0.141. The normalized spacial score (nSPS) is 22.7. The van der Waals surface area contributed by atoms with Gasteiger partial charge in [0.1, 0.15) is 0 Å². The molecule has 0 aromatic heterocycles. The molecule has 1 aliphatic rings. The Hall–Kier alpha value is -0.570. The van der Waals surface area contributed by atoms with E-state index in [0.29, 0.717) is 12.7 Å². The highest BCUT2D eigenvalue weighted by Gasteiger charge is 2.12. The summed E-state index contributed by atoms with van der Waals surface area (Å²) in [6.07, 6.45) is 5.99. The predicted octanol–water partition coefficient (Wildman–Crippen LogP) is 1.90. The molecule has 0 saturated carbocycles. The van der Waals surface area contributed by atoms with Crippen molar-refractivity contribution in [2.45, 2.75) is 45.1 Å². The van der Waals surface area contributed by atoms with Crippen LogP contribution in [0.15, 0.2) is 0 Å². The van der Waals surface area contributed by atoms with E-state index < -0.39 is 0 Å². The quantitative estimate of drug-likeness (QED) is 0.497. The van der Waals surface area contributed by atoms with Gasteiger partial charge in [-0.05, 0) is 32.1 Å². The standard InChI is InChI=1S/C10H18O3/c1-9(11)12-8-4-6-10-5-2-3-7-13-10/h10H,2-8H2,1H3. The summed E-state index contributed by atoms with van der Waals surface area (Å²) in [5.74, 6) is -0.190. The maximum Gasteiger partial charge on any atom is 0.302 e. The number of carbonyl (C=O) groups is 1. The Balaban J connectivity index is 1.95. The lowest BCUT2D eigenvalue weighted by atomic mass is 10.1. The van der Waals surface area contributed by atoms with Gasteiger partial charge in [-0.25, -0.2) is 0 Å². The minimum Gasteiger partial charge on any atom is -0.466 e. The zero-order valence-electron chi connectivity index (χ0n) is 8.25. The maximum atomic E-state index is 10.4. The molecule has 0 N–H and O–H groups in total. The summed E-state index contributed by atoms with van der Waals surface area (Å²) < 4.78 is 10.4. The zero-order valence-corrected chi connectivity index (χ0v) is 8.25. The van der Waals surface area contributed by atoms with Crippen LogP contribution >= 0.6 is 0 Å². The molecule has 1 rings (SSSR count). The van der Waals surface area contributed by atoms with Crippen molar-refractivity contribution in [3.63, 3.8) is 0 Å². The van der Waals surface area contributed by atoms with Crippen molar-refractivity contribution in [1.82, 2.24) is 0 Å². The highest BCUT2D eigenvalue weighted by Crippen LogP contribution is 2.16. The molecule has 1 saturated heterocycles. The van der Waals surface area contributed by atoms with E-state index >= 15 is 0 Å². The van der Waals surface area contributed by atoms with Gasteiger partial charge in [0, 0.05) is 13.5 Å². The second kappa shape index (κ2) is 5.97. The van der Waals surface area contributed by atoms with Crippen molar-refractivity contribution in [2.75, 3.05) is 13.2 Å². The van der Waals surface area contributed by atoms with Crippen LogP contribution in [0.25, 0.3) is 0 Å². The third-order valence-electron chi connectivity index (χ3n) is 2.25. The Morgan fingerprint density at radius 3 is 3.00 bits per heavy atom. The van der Waals surface area contributed by atoms with Crippen LogP contribution in [0, 0.1) is 0 Å². The second-order valence-corrected chi connectivity index (χ2v) is 3.47. The van der Waals surface area contributed by atoms with Gasteiger partial charge in [-0.1, -0.05) is 0 Å². The molecular weight excluding hydrogens is 168 g/mol.